The molecule has 0 aliphatic heterocycles. The van der Waals surface area contributed by atoms with Gasteiger partial charge < -0.3 is 10.7 Å². The van der Waals surface area contributed by atoms with Crippen LogP contribution in [0.3, 0.4) is 0 Å². The van der Waals surface area contributed by atoms with Crippen LogP contribution in [0.15, 0.2) is 29.3 Å². The van der Waals surface area contributed by atoms with Crippen LogP contribution in [-0.2, 0) is 0 Å². The summed E-state index contributed by atoms with van der Waals surface area (Å²) in [4.78, 5) is 18.1. The van der Waals surface area contributed by atoms with Gasteiger partial charge in [-0.05, 0) is 33.2 Å². The van der Waals surface area contributed by atoms with Gasteiger partial charge in [0.25, 0.3) is 5.56 Å². The number of aromatic nitrogens is 2. The molecule has 2 aromatic heterocycles. The van der Waals surface area contributed by atoms with Gasteiger partial charge in [0.05, 0.1) is 11.7 Å². The minimum Gasteiger partial charge on any atom is -0.336 e. The van der Waals surface area contributed by atoms with E-state index in [2.05, 4.69) is 4.98 Å². The average Bonchev–Trinajstić information content (AvgIpc) is 2.33. The maximum atomic E-state index is 12.1. The van der Waals surface area contributed by atoms with Crippen LogP contribution >= 0.6 is 0 Å². The van der Waals surface area contributed by atoms with Gasteiger partial charge in [-0.2, -0.15) is 0 Å². The number of nitrogen functional groups attached to an aromatic ring is 1. The van der Waals surface area contributed by atoms with E-state index >= 15 is 0 Å². The molecule has 90 valence electrons. The number of nitrogens with zero attached hydrogens (tertiary/aromatic N) is 3. The summed E-state index contributed by atoms with van der Waals surface area (Å²) in [6.07, 6.45) is 3.29. The van der Waals surface area contributed by atoms with Crippen molar-refractivity contribution in [2.75, 3.05) is 19.9 Å². The Morgan fingerprint density at radius 3 is 2.82 bits per heavy atom. The van der Waals surface area contributed by atoms with Crippen molar-refractivity contribution in [3.05, 3.63) is 40.4 Å². The largest absolute Gasteiger partial charge is 0.336 e. The number of hydrogen-bond donors (Lipinski definition) is 1. The van der Waals surface area contributed by atoms with Crippen molar-refractivity contribution in [3.63, 3.8) is 0 Å². The molecule has 0 radical (unpaired) electrons. The molecule has 0 saturated heterocycles. The van der Waals surface area contributed by atoms with Gasteiger partial charge in [-0.1, -0.05) is 0 Å². The summed E-state index contributed by atoms with van der Waals surface area (Å²) in [6.45, 7) is 1.98. The van der Waals surface area contributed by atoms with Gasteiger partial charge >= 0.3 is 0 Å². The standard InChI is InChI=1S/C12H16N4O/c1-8(15(2)3)10-6-9-4-5-14-7-11(9)16(13)12(10)17/h4-8H,13H2,1-3H3. The lowest BCUT2D eigenvalue weighted by Gasteiger charge is -2.20. The number of fused-ring (bicyclic) bond motifs is 1. The first-order valence-corrected chi connectivity index (χ1v) is 5.43. The molecule has 0 saturated carbocycles. The minimum absolute atomic E-state index is 0.0230. The lowest BCUT2D eigenvalue weighted by Crippen LogP contribution is -2.33. The first-order chi connectivity index (χ1) is 8.02. The fraction of sp³-hybridized carbons (Fsp3) is 0.333. The highest BCUT2D eigenvalue weighted by molar-refractivity contribution is 5.78. The molecule has 1 atom stereocenters. The molecule has 0 amide bonds. The van der Waals surface area contributed by atoms with E-state index in [0.717, 1.165) is 10.1 Å². The molecule has 0 aliphatic carbocycles. The highest BCUT2D eigenvalue weighted by Gasteiger charge is 2.15. The van der Waals surface area contributed by atoms with Crippen LogP contribution in [0.2, 0.25) is 0 Å². The Bertz CT molecular complexity index is 603. The van der Waals surface area contributed by atoms with Crippen molar-refractivity contribution >= 4 is 10.9 Å². The number of nitrogens with two attached hydrogens (primary N) is 1. The van der Waals surface area contributed by atoms with E-state index in [1.807, 2.05) is 38.1 Å². The van der Waals surface area contributed by atoms with Crippen LogP contribution in [-0.4, -0.2) is 28.7 Å². The van der Waals surface area contributed by atoms with E-state index < -0.39 is 0 Å². The van der Waals surface area contributed by atoms with Crippen molar-refractivity contribution in [1.29, 1.82) is 0 Å². The molecule has 1 unspecified atom stereocenters. The van der Waals surface area contributed by atoms with E-state index in [0.29, 0.717) is 11.1 Å². The first kappa shape index (κ1) is 11.6. The van der Waals surface area contributed by atoms with Gasteiger partial charge in [0.15, 0.2) is 0 Å². The predicted octanol–water partition coefficient (Wildman–Crippen LogP) is 0.733. The lowest BCUT2D eigenvalue weighted by molar-refractivity contribution is 0.318. The number of rotatable bonds is 2. The second-order valence-corrected chi connectivity index (χ2v) is 4.35. The monoisotopic (exact) mass is 232 g/mol. The fourth-order valence-corrected chi connectivity index (χ4v) is 1.78. The molecule has 2 aromatic rings. The molecule has 0 aromatic carbocycles. The van der Waals surface area contributed by atoms with Gasteiger partial charge in [-0.15, -0.1) is 0 Å². The number of hydrogen-bond acceptors (Lipinski definition) is 4. The summed E-state index contributed by atoms with van der Waals surface area (Å²) < 4.78 is 1.16. The van der Waals surface area contributed by atoms with Gasteiger partial charge in [0, 0.05) is 23.2 Å². The van der Waals surface area contributed by atoms with E-state index in [1.54, 1.807) is 12.4 Å². The molecule has 2 N–H and O–H groups in total. The Kier molecular flexibility index (Phi) is 2.85. The maximum Gasteiger partial charge on any atom is 0.274 e. The molecule has 17 heavy (non-hydrogen) atoms. The van der Waals surface area contributed by atoms with Crippen LogP contribution in [0.25, 0.3) is 10.9 Å². The molecule has 0 bridgehead atoms. The molecule has 5 heteroatoms. The van der Waals surface area contributed by atoms with Crippen LogP contribution in [0.4, 0.5) is 0 Å². The highest BCUT2D eigenvalue weighted by atomic mass is 16.1. The molecule has 5 nitrogen and oxygen atoms in total. The second-order valence-electron chi connectivity index (χ2n) is 4.35. The van der Waals surface area contributed by atoms with E-state index in [4.69, 9.17) is 5.84 Å². The van der Waals surface area contributed by atoms with Crippen LogP contribution in [0, 0.1) is 0 Å². The van der Waals surface area contributed by atoms with Gasteiger partial charge in [0.2, 0.25) is 0 Å². The van der Waals surface area contributed by atoms with Crippen LogP contribution in [0.5, 0.6) is 0 Å². The lowest BCUT2D eigenvalue weighted by atomic mass is 10.1. The third-order valence-electron chi connectivity index (χ3n) is 3.09. The van der Waals surface area contributed by atoms with Crippen molar-refractivity contribution in [3.8, 4) is 0 Å². The molecule has 0 aliphatic rings. The van der Waals surface area contributed by atoms with E-state index in [-0.39, 0.29) is 11.6 Å². The molecule has 2 rings (SSSR count). The van der Waals surface area contributed by atoms with Crippen molar-refractivity contribution in [1.82, 2.24) is 14.6 Å². The van der Waals surface area contributed by atoms with Crippen molar-refractivity contribution in [2.45, 2.75) is 13.0 Å². The third-order valence-corrected chi connectivity index (χ3v) is 3.09. The summed E-state index contributed by atoms with van der Waals surface area (Å²) in [5.74, 6) is 5.80. The smallest absolute Gasteiger partial charge is 0.274 e. The van der Waals surface area contributed by atoms with Crippen molar-refractivity contribution in [2.24, 2.45) is 0 Å². The minimum atomic E-state index is -0.174. The van der Waals surface area contributed by atoms with E-state index in [1.165, 1.54) is 0 Å². The maximum absolute atomic E-state index is 12.1. The summed E-state index contributed by atoms with van der Waals surface area (Å²) in [5.41, 5.74) is 1.16. The molecular weight excluding hydrogens is 216 g/mol. The van der Waals surface area contributed by atoms with Crippen LogP contribution in [0.1, 0.15) is 18.5 Å². The SMILES string of the molecule is CC(c1cc2ccncc2n(N)c1=O)N(C)C. The molecule has 2 heterocycles. The summed E-state index contributed by atoms with van der Waals surface area (Å²) in [6, 6.07) is 3.76. The molecular formula is C12H16N4O. The van der Waals surface area contributed by atoms with Gasteiger partial charge in [0.1, 0.15) is 0 Å². The summed E-state index contributed by atoms with van der Waals surface area (Å²) in [5, 5.41) is 0.922. The van der Waals surface area contributed by atoms with E-state index in [9.17, 15) is 4.79 Å². The average molecular weight is 232 g/mol. The topological polar surface area (TPSA) is 64.2 Å². The summed E-state index contributed by atoms with van der Waals surface area (Å²) in [7, 11) is 3.86. The third kappa shape index (κ3) is 1.89. The van der Waals surface area contributed by atoms with Gasteiger partial charge in [-0.3, -0.25) is 9.78 Å². The Labute approximate surface area is 99.5 Å². The Hall–Kier alpha value is -1.88. The number of pyridine rings is 2. The van der Waals surface area contributed by atoms with Crippen LogP contribution < -0.4 is 11.4 Å². The molecule has 0 spiro atoms. The zero-order valence-electron chi connectivity index (χ0n) is 10.2. The zero-order chi connectivity index (χ0) is 12.6. The second kappa shape index (κ2) is 4.18. The Balaban J connectivity index is 2.74. The normalized spacial score (nSPS) is 13.2. The molecule has 0 fully saturated rings. The fourth-order valence-electron chi connectivity index (χ4n) is 1.78. The van der Waals surface area contributed by atoms with Gasteiger partial charge in [-0.25, -0.2) is 4.68 Å². The highest BCUT2D eigenvalue weighted by Crippen LogP contribution is 2.17. The zero-order valence-corrected chi connectivity index (χ0v) is 10.2. The quantitative estimate of drug-likeness (QED) is 0.775. The summed E-state index contributed by atoms with van der Waals surface area (Å²) >= 11 is 0. The predicted molar refractivity (Wildman–Crippen MR) is 68.3 cm³/mol. The van der Waals surface area contributed by atoms with Crippen molar-refractivity contribution < 1.29 is 0 Å². The Morgan fingerprint density at radius 2 is 2.18 bits per heavy atom. The first-order valence-electron chi connectivity index (χ1n) is 5.43. The Morgan fingerprint density at radius 1 is 1.47 bits per heavy atom.